The molecule has 118 valence electrons. The standard InChI is InChI=1S/C17H21NO2S2/c19-16-13-7-3-4-8-14(13)17(20)18(16)10-5-1-2-9-15-21-11-6-12-22-15/h3-4,7-8,15H,1-2,5-6,9-12H2. The Morgan fingerprint density at radius 1 is 0.955 bits per heavy atom. The summed E-state index contributed by atoms with van der Waals surface area (Å²) in [5, 5.41) is 0. The van der Waals surface area contributed by atoms with Gasteiger partial charge in [0.2, 0.25) is 0 Å². The molecule has 1 saturated heterocycles. The van der Waals surface area contributed by atoms with Crippen LogP contribution in [-0.2, 0) is 0 Å². The van der Waals surface area contributed by atoms with Gasteiger partial charge in [-0.3, -0.25) is 14.5 Å². The van der Waals surface area contributed by atoms with Crippen molar-refractivity contribution in [1.29, 1.82) is 0 Å². The molecular weight excluding hydrogens is 314 g/mol. The Morgan fingerprint density at radius 2 is 1.59 bits per heavy atom. The molecular formula is C17H21NO2S2. The monoisotopic (exact) mass is 335 g/mol. The number of benzene rings is 1. The fourth-order valence-corrected chi connectivity index (χ4v) is 5.86. The van der Waals surface area contributed by atoms with Crippen molar-refractivity contribution < 1.29 is 9.59 Å². The van der Waals surface area contributed by atoms with Crippen LogP contribution in [0.4, 0.5) is 0 Å². The fraction of sp³-hybridized carbons (Fsp3) is 0.529. The second-order valence-electron chi connectivity index (χ2n) is 5.68. The molecule has 0 spiro atoms. The maximum absolute atomic E-state index is 12.2. The normalized spacial score (nSPS) is 18.8. The number of imide groups is 1. The summed E-state index contributed by atoms with van der Waals surface area (Å²) in [7, 11) is 0. The lowest BCUT2D eigenvalue weighted by atomic mass is 10.1. The van der Waals surface area contributed by atoms with Crippen LogP contribution >= 0.6 is 23.5 Å². The summed E-state index contributed by atoms with van der Waals surface area (Å²) in [4.78, 5) is 25.8. The van der Waals surface area contributed by atoms with Gasteiger partial charge in [0.05, 0.1) is 15.7 Å². The van der Waals surface area contributed by atoms with E-state index in [4.69, 9.17) is 0 Å². The first kappa shape index (κ1) is 15.9. The summed E-state index contributed by atoms with van der Waals surface area (Å²) in [6.45, 7) is 0.553. The zero-order chi connectivity index (χ0) is 15.4. The van der Waals surface area contributed by atoms with Gasteiger partial charge in [0.15, 0.2) is 0 Å². The molecule has 0 saturated carbocycles. The van der Waals surface area contributed by atoms with Gasteiger partial charge >= 0.3 is 0 Å². The molecule has 3 rings (SSSR count). The number of nitrogens with zero attached hydrogens (tertiary/aromatic N) is 1. The number of thioether (sulfide) groups is 2. The predicted molar refractivity (Wildman–Crippen MR) is 93.6 cm³/mol. The number of rotatable bonds is 6. The molecule has 2 aliphatic heterocycles. The zero-order valence-corrected chi connectivity index (χ0v) is 14.3. The van der Waals surface area contributed by atoms with E-state index in [9.17, 15) is 9.59 Å². The first-order valence-corrected chi connectivity index (χ1v) is 10.1. The van der Waals surface area contributed by atoms with Crippen molar-refractivity contribution in [3.05, 3.63) is 35.4 Å². The van der Waals surface area contributed by atoms with Crippen LogP contribution in [0.25, 0.3) is 0 Å². The smallest absolute Gasteiger partial charge is 0.261 e. The Balaban J connectivity index is 1.41. The molecule has 3 nitrogen and oxygen atoms in total. The molecule has 0 radical (unpaired) electrons. The number of unbranched alkanes of at least 4 members (excludes halogenated alkanes) is 2. The van der Waals surface area contributed by atoms with E-state index in [1.165, 1.54) is 35.7 Å². The summed E-state index contributed by atoms with van der Waals surface area (Å²) in [6, 6.07) is 7.11. The Labute approximate surface area is 140 Å². The largest absolute Gasteiger partial charge is 0.274 e. The Morgan fingerprint density at radius 3 is 2.23 bits per heavy atom. The first-order chi connectivity index (χ1) is 10.8. The lowest BCUT2D eigenvalue weighted by Crippen LogP contribution is -2.30. The van der Waals surface area contributed by atoms with Gasteiger partial charge in [0.25, 0.3) is 11.8 Å². The van der Waals surface area contributed by atoms with Crippen molar-refractivity contribution in [2.75, 3.05) is 18.1 Å². The van der Waals surface area contributed by atoms with E-state index in [1.807, 2.05) is 12.1 Å². The number of fused-ring (bicyclic) bond motifs is 1. The summed E-state index contributed by atoms with van der Waals surface area (Å²) in [5.74, 6) is 2.34. The molecule has 0 atom stereocenters. The minimum Gasteiger partial charge on any atom is -0.274 e. The van der Waals surface area contributed by atoms with E-state index in [0.29, 0.717) is 17.7 Å². The Kier molecular flexibility index (Phi) is 5.47. The molecule has 1 aromatic rings. The Bertz CT molecular complexity index is 520. The third kappa shape index (κ3) is 3.51. The van der Waals surface area contributed by atoms with Crippen molar-refractivity contribution in [2.24, 2.45) is 0 Å². The van der Waals surface area contributed by atoms with Gasteiger partial charge in [0.1, 0.15) is 0 Å². The van der Waals surface area contributed by atoms with Gasteiger partial charge in [-0.25, -0.2) is 0 Å². The maximum Gasteiger partial charge on any atom is 0.261 e. The highest BCUT2D eigenvalue weighted by molar-refractivity contribution is 8.17. The van der Waals surface area contributed by atoms with Gasteiger partial charge in [-0.15, -0.1) is 23.5 Å². The average Bonchev–Trinajstić information content (AvgIpc) is 2.81. The van der Waals surface area contributed by atoms with E-state index in [2.05, 4.69) is 23.5 Å². The van der Waals surface area contributed by atoms with E-state index < -0.39 is 0 Å². The lowest BCUT2D eigenvalue weighted by Gasteiger charge is -2.20. The molecule has 0 bridgehead atoms. The second-order valence-corrected chi connectivity index (χ2v) is 8.60. The number of carbonyl (C=O) groups excluding carboxylic acids is 2. The number of amides is 2. The maximum atomic E-state index is 12.2. The third-order valence-electron chi connectivity index (χ3n) is 4.10. The highest BCUT2D eigenvalue weighted by Crippen LogP contribution is 2.34. The van der Waals surface area contributed by atoms with E-state index in [-0.39, 0.29) is 11.8 Å². The number of hydrogen-bond donors (Lipinski definition) is 0. The minimum absolute atomic E-state index is 0.126. The van der Waals surface area contributed by atoms with Gasteiger partial charge in [-0.05, 0) is 42.9 Å². The molecule has 2 heterocycles. The first-order valence-electron chi connectivity index (χ1n) is 7.96. The molecule has 2 amide bonds. The van der Waals surface area contributed by atoms with Gasteiger partial charge < -0.3 is 0 Å². The topological polar surface area (TPSA) is 37.4 Å². The van der Waals surface area contributed by atoms with Crippen molar-refractivity contribution >= 4 is 35.3 Å². The SMILES string of the molecule is O=C1c2ccccc2C(=O)N1CCCCCC1SCCCS1. The predicted octanol–water partition coefficient (Wildman–Crippen LogP) is 4.04. The van der Waals surface area contributed by atoms with Crippen LogP contribution in [0.15, 0.2) is 24.3 Å². The van der Waals surface area contributed by atoms with E-state index in [0.717, 1.165) is 17.4 Å². The zero-order valence-electron chi connectivity index (χ0n) is 12.6. The molecule has 1 fully saturated rings. The average molecular weight is 335 g/mol. The van der Waals surface area contributed by atoms with Crippen molar-refractivity contribution in [3.8, 4) is 0 Å². The molecule has 5 heteroatoms. The van der Waals surface area contributed by atoms with E-state index in [1.54, 1.807) is 12.1 Å². The summed E-state index contributed by atoms with van der Waals surface area (Å²) < 4.78 is 0.757. The highest BCUT2D eigenvalue weighted by Gasteiger charge is 2.34. The van der Waals surface area contributed by atoms with Crippen LogP contribution < -0.4 is 0 Å². The molecule has 22 heavy (non-hydrogen) atoms. The molecule has 0 aliphatic carbocycles. The van der Waals surface area contributed by atoms with Crippen LogP contribution in [-0.4, -0.2) is 39.3 Å². The summed E-state index contributed by atoms with van der Waals surface area (Å²) in [5.41, 5.74) is 1.12. The van der Waals surface area contributed by atoms with Crippen LogP contribution in [0.1, 0.15) is 52.8 Å². The highest BCUT2D eigenvalue weighted by atomic mass is 32.2. The molecule has 1 aromatic carbocycles. The lowest BCUT2D eigenvalue weighted by molar-refractivity contribution is 0.0651. The summed E-state index contributed by atoms with van der Waals surface area (Å²) in [6.07, 6.45) is 5.77. The van der Waals surface area contributed by atoms with Crippen molar-refractivity contribution in [1.82, 2.24) is 4.90 Å². The van der Waals surface area contributed by atoms with Crippen LogP contribution in [0.5, 0.6) is 0 Å². The summed E-state index contributed by atoms with van der Waals surface area (Å²) >= 11 is 4.17. The van der Waals surface area contributed by atoms with Crippen LogP contribution in [0.3, 0.4) is 0 Å². The number of carbonyl (C=O) groups is 2. The minimum atomic E-state index is -0.126. The fourth-order valence-electron chi connectivity index (χ4n) is 2.90. The molecule has 0 N–H and O–H groups in total. The van der Waals surface area contributed by atoms with E-state index >= 15 is 0 Å². The molecule has 0 aromatic heterocycles. The molecule has 2 aliphatic rings. The Hall–Kier alpha value is -0.940. The molecule has 0 unspecified atom stereocenters. The van der Waals surface area contributed by atoms with Crippen molar-refractivity contribution in [3.63, 3.8) is 0 Å². The number of hydrogen-bond acceptors (Lipinski definition) is 4. The van der Waals surface area contributed by atoms with Crippen LogP contribution in [0.2, 0.25) is 0 Å². The quantitative estimate of drug-likeness (QED) is 0.581. The van der Waals surface area contributed by atoms with Crippen molar-refractivity contribution in [2.45, 2.75) is 36.7 Å². The second kappa shape index (κ2) is 7.55. The third-order valence-corrected chi connectivity index (χ3v) is 7.18. The van der Waals surface area contributed by atoms with Gasteiger partial charge in [-0.1, -0.05) is 25.0 Å². The van der Waals surface area contributed by atoms with Crippen LogP contribution in [0, 0.1) is 0 Å². The van der Waals surface area contributed by atoms with Gasteiger partial charge in [-0.2, -0.15) is 0 Å². The van der Waals surface area contributed by atoms with Gasteiger partial charge in [0, 0.05) is 6.54 Å².